The van der Waals surface area contributed by atoms with E-state index in [0.717, 1.165) is 24.5 Å². The molecular weight excluding hydrogens is 286 g/mol. The van der Waals surface area contributed by atoms with Crippen molar-refractivity contribution in [2.45, 2.75) is 13.8 Å². The third-order valence-electron chi connectivity index (χ3n) is 3.10. The second kappa shape index (κ2) is 8.45. The standard InChI is InChI=1S/C15H23N3O4/c1-3-21-12-5-6-13(16-15(19)22-4-2)14(11-12)17-18-7-9-20-10-8-18/h5-6,11,17H,3-4,7-10H2,1-2H3,(H,16,19). The molecule has 7 heteroatoms. The Morgan fingerprint density at radius 2 is 2.00 bits per heavy atom. The SMILES string of the molecule is CCOC(=O)Nc1ccc(OCC)cc1NN1CCOCC1. The van der Waals surface area contributed by atoms with Crippen LogP contribution in [-0.4, -0.2) is 50.6 Å². The van der Waals surface area contributed by atoms with Gasteiger partial charge in [-0.25, -0.2) is 9.80 Å². The first-order valence-corrected chi connectivity index (χ1v) is 7.53. The summed E-state index contributed by atoms with van der Waals surface area (Å²) in [6.45, 7) is 7.52. The van der Waals surface area contributed by atoms with Gasteiger partial charge in [0.1, 0.15) is 5.75 Å². The molecule has 7 nitrogen and oxygen atoms in total. The summed E-state index contributed by atoms with van der Waals surface area (Å²) in [6, 6.07) is 5.47. The van der Waals surface area contributed by atoms with Gasteiger partial charge >= 0.3 is 6.09 Å². The first kappa shape index (κ1) is 16.4. The summed E-state index contributed by atoms with van der Waals surface area (Å²) >= 11 is 0. The Kier molecular flexibility index (Phi) is 6.29. The van der Waals surface area contributed by atoms with Crippen LogP contribution in [0.1, 0.15) is 13.8 Å². The van der Waals surface area contributed by atoms with E-state index in [1.54, 1.807) is 13.0 Å². The van der Waals surface area contributed by atoms with Gasteiger partial charge in [-0.1, -0.05) is 0 Å². The van der Waals surface area contributed by atoms with Crippen LogP contribution in [0.25, 0.3) is 0 Å². The van der Waals surface area contributed by atoms with Gasteiger partial charge in [-0.05, 0) is 26.0 Å². The minimum atomic E-state index is -0.475. The van der Waals surface area contributed by atoms with Crippen molar-refractivity contribution >= 4 is 17.5 Å². The maximum Gasteiger partial charge on any atom is 0.411 e. The number of benzene rings is 1. The Bertz CT molecular complexity index is 490. The van der Waals surface area contributed by atoms with Crippen molar-refractivity contribution in [2.24, 2.45) is 0 Å². The molecule has 0 unspecified atom stereocenters. The summed E-state index contributed by atoms with van der Waals surface area (Å²) in [7, 11) is 0. The molecule has 0 atom stereocenters. The van der Waals surface area contributed by atoms with Crippen LogP contribution in [0.5, 0.6) is 5.75 Å². The summed E-state index contributed by atoms with van der Waals surface area (Å²) in [4.78, 5) is 11.6. The van der Waals surface area contributed by atoms with E-state index in [1.165, 1.54) is 0 Å². The van der Waals surface area contributed by atoms with Crippen LogP contribution in [0.15, 0.2) is 18.2 Å². The van der Waals surface area contributed by atoms with E-state index in [1.807, 2.05) is 24.1 Å². The summed E-state index contributed by atoms with van der Waals surface area (Å²) < 4.78 is 15.8. The number of amides is 1. The van der Waals surface area contributed by atoms with Crippen molar-refractivity contribution in [1.29, 1.82) is 0 Å². The fraction of sp³-hybridized carbons (Fsp3) is 0.533. The highest BCUT2D eigenvalue weighted by Gasteiger charge is 2.14. The number of rotatable bonds is 6. The predicted octanol–water partition coefficient (Wildman–Crippen LogP) is 2.31. The Morgan fingerprint density at radius 1 is 1.23 bits per heavy atom. The van der Waals surface area contributed by atoms with Crippen LogP contribution in [0.4, 0.5) is 16.2 Å². The lowest BCUT2D eigenvalue weighted by Crippen LogP contribution is -2.40. The highest BCUT2D eigenvalue weighted by Crippen LogP contribution is 2.28. The number of carbonyl (C=O) groups excluding carboxylic acids is 1. The maximum atomic E-state index is 11.6. The second-order valence-corrected chi connectivity index (χ2v) is 4.70. The molecule has 0 saturated carbocycles. The quantitative estimate of drug-likeness (QED) is 0.840. The zero-order chi connectivity index (χ0) is 15.8. The van der Waals surface area contributed by atoms with E-state index >= 15 is 0 Å². The molecule has 0 spiro atoms. The molecule has 1 aromatic rings. The number of ether oxygens (including phenoxy) is 3. The topological polar surface area (TPSA) is 72.1 Å². The van der Waals surface area contributed by atoms with Crippen molar-refractivity contribution in [1.82, 2.24) is 5.01 Å². The molecule has 22 heavy (non-hydrogen) atoms. The first-order valence-electron chi connectivity index (χ1n) is 7.53. The molecular formula is C15H23N3O4. The number of hydrogen-bond acceptors (Lipinski definition) is 6. The van der Waals surface area contributed by atoms with Crippen LogP contribution >= 0.6 is 0 Å². The van der Waals surface area contributed by atoms with E-state index < -0.39 is 6.09 Å². The maximum absolute atomic E-state index is 11.6. The van der Waals surface area contributed by atoms with Gasteiger partial charge in [0.15, 0.2) is 0 Å². The van der Waals surface area contributed by atoms with Crippen molar-refractivity contribution in [3.05, 3.63) is 18.2 Å². The van der Waals surface area contributed by atoms with E-state index in [-0.39, 0.29) is 0 Å². The molecule has 0 aromatic heterocycles. The normalized spacial score (nSPS) is 15.2. The molecule has 0 bridgehead atoms. The van der Waals surface area contributed by atoms with Crippen LogP contribution in [-0.2, 0) is 9.47 Å². The number of carbonyl (C=O) groups is 1. The predicted molar refractivity (Wildman–Crippen MR) is 84.3 cm³/mol. The van der Waals surface area contributed by atoms with Crippen molar-refractivity contribution in [2.75, 3.05) is 50.3 Å². The third-order valence-corrected chi connectivity index (χ3v) is 3.10. The summed E-state index contributed by atoms with van der Waals surface area (Å²) in [5.74, 6) is 0.743. The number of nitrogens with zero attached hydrogens (tertiary/aromatic N) is 1. The molecule has 1 amide bonds. The number of anilines is 2. The summed E-state index contributed by atoms with van der Waals surface area (Å²) in [5, 5.41) is 4.78. The van der Waals surface area contributed by atoms with Gasteiger partial charge in [-0.3, -0.25) is 5.32 Å². The zero-order valence-corrected chi connectivity index (χ0v) is 13.1. The van der Waals surface area contributed by atoms with Gasteiger partial charge in [0.25, 0.3) is 0 Å². The third kappa shape index (κ3) is 4.78. The first-order chi connectivity index (χ1) is 10.7. The summed E-state index contributed by atoms with van der Waals surface area (Å²) in [5.41, 5.74) is 4.71. The molecule has 1 aliphatic heterocycles. The monoisotopic (exact) mass is 309 g/mol. The molecule has 2 rings (SSSR count). The van der Waals surface area contributed by atoms with Gasteiger partial charge in [-0.15, -0.1) is 0 Å². The van der Waals surface area contributed by atoms with Crippen molar-refractivity contribution in [3.8, 4) is 5.75 Å². The summed E-state index contributed by atoms with van der Waals surface area (Å²) in [6.07, 6.45) is -0.475. The van der Waals surface area contributed by atoms with Crippen LogP contribution in [0.3, 0.4) is 0 Å². The van der Waals surface area contributed by atoms with Crippen LogP contribution in [0.2, 0.25) is 0 Å². The average molecular weight is 309 g/mol. The molecule has 0 aliphatic carbocycles. The number of nitrogens with one attached hydrogen (secondary N) is 2. The zero-order valence-electron chi connectivity index (χ0n) is 13.1. The smallest absolute Gasteiger partial charge is 0.411 e. The lowest BCUT2D eigenvalue weighted by atomic mass is 10.2. The van der Waals surface area contributed by atoms with E-state index in [4.69, 9.17) is 14.2 Å². The molecule has 2 N–H and O–H groups in total. The van der Waals surface area contributed by atoms with E-state index in [0.29, 0.717) is 32.1 Å². The fourth-order valence-corrected chi connectivity index (χ4v) is 2.10. The molecule has 1 aromatic carbocycles. The molecule has 1 fully saturated rings. The Labute approximate surface area is 130 Å². The Balaban J connectivity index is 2.13. The Morgan fingerprint density at radius 3 is 2.68 bits per heavy atom. The van der Waals surface area contributed by atoms with Crippen molar-refractivity contribution < 1.29 is 19.0 Å². The number of hydrogen-bond donors (Lipinski definition) is 2. The lowest BCUT2D eigenvalue weighted by Gasteiger charge is -2.29. The molecule has 1 aliphatic rings. The van der Waals surface area contributed by atoms with E-state index in [2.05, 4.69) is 10.7 Å². The highest BCUT2D eigenvalue weighted by atomic mass is 16.5. The fourth-order valence-electron chi connectivity index (χ4n) is 2.10. The van der Waals surface area contributed by atoms with Crippen LogP contribution in [0, 0.1) is 0 Å². The number of morpholine rings is 1. The van der Waals surface area contributed by atoms with Gasteiger partial charge in [0.05, 0.1) is 37.8 Å². The largest absolute Gasteiger partial charge is 0.494 e. The lowest BCUT2D eigenvalue weighted by molar-refractivity contribution is 0.0497. The Hall–Kier alpha value is -1.99. The van der Waals surface area contributed by atoms with Crippen LogP contribution < -0.4 is 15.5 Å². The molecule has 1 saturated heterocycles. The second-order valence-electron chi connectivity index (χ2n) is 4.70. The molecule has 1 heterocycles. The van der Waals surface area contributed by atoms with E-state index in [9.17, 15) is 4.79 Å². The number of hydrazine groups is 1. The molecule has 122 valence electrons. The average Bonchev–Trinajstić information content (AvgIpc) is 2.51. The minimum Gasteiger partial charge on any atom is -0.494 e. The van der Waals surface area contributed by atoms with Gasteiger partial charge in [-0.2, -0.15) is 0 Å². The molecule has 0 radical (unpaired) electrons. The van der Waals surface area contributed by atoms with Gasteiger partial charge in [0, 0.05) is 19.2 Å². The highest BCUT2D eigenvalue weighted by molar-refractivity contribution is 5.89. The van der Waals surface area contributed by atoms with Gasteiger partial charge < -0.3 is 19.6 Å². The van der Waals surface area contributed by atoms with Crippen molar-refractivity contribution in [3.63, 3.8) is 0 Å². The minimum absolute atomic E-state index is 0.328. The van der Waals surface area contributed by atoms with Gasteiger partial charge in [0.2, 0.25) is 0 Å².